The van der Waals surface area contributed by atoms with Crippen molar-refractivity contribution in [3.05, 3.63) is 18.2 Å². The first-order chi connectivity index (χ1) is 7.84. The Hall–Kier alpha value is -0.870. The van der Waals surface area contributed by atoms with Crippen LogP contribution >= 0.6 is 0 Å². The Morgan fingerprint density at radius 2 is 2.38 bits per heavy atom. The summed E-state index contributed by atoms with van der Waals surface area (Å²) in [5.74, 6) is 1.92. The largest absolute Gasteiger partial charge is 0.376 e. The Balaban J connectivity index is 1.56. The van der Waals surface area contributed by atoms with Crippen LogP contribution in [0.3, 0.4) is 0 Å². The first-order valence-corrected chi connectivity index (χ1v) is 6.16. The lowest BCUT2D eigenvalue weighted by Crippen LogP contribution is -2.37. The summed E-state index contributed by atoms with van der Waals surface area (Å²) in [5.41, 5.74) is 0. The number of nitrogens with zero attached hydrogens (tertiary/aromatic N) is 2. The van der Waals surface area contributed by atoms with Gasteiger partial charge in [-0.05, 0) is 25.2 Å². The van der Waals surface area contributed by atoms with Gasteiger partial charge in [-0.1, -0.05) is 0 Å². The molecule has 1 aromatic rings. The van der Waals surface area contributed by atoms with E-state index in [1.165, 1.54) is 12.8 Å². The van der Waals surface area contributed by atoms with Gasteiger partial charge in [0.1, 0.15) is 5.82 Å². The van der Waals surface area contributed by atoms with Crippen LogP contribution in [-0.2, 0) is 18.3 Å². The predicted octanol–water partition coefficient (Wildman–Crippen LogP) is 1.08. The van der Waals surface area contributed by atoms with Gasteiger partial charge in [0, 0.05) is 32.1 Å². The molecule has 0 spiro atoms. The molecule has 3 rings (SSSR count). The average molecular weight is 221 g/mol. The van der Waals surface area contributed by atoms with Crippen LogP contribution in [-0.4, -0.2) is 28.3 Å². The van der Waals surface area contributed by atoms with E-state index in [0.717, 1.165) is 31.3 Å². The minimum absolute atomic E-state index is 0.459. The summed E-state index contributed by atoms with van der Waals surface area (Å²) in [6, 6.07) is 0.532. The third-order valence-electron chi connectivity index (χ3n) is 3.67. The smallest absolute Gasteiger partial charge is 0.122 e. The monoisotopic (exact) mass is 221 g/mol. The van der Waals surface area contributed by atoms with Crippen LogP contribution in [0.5, 0.6) is 0 Å². The fourth-order valence-corrected chi connectivity index (χ4v) is 2.51. The molecule has 1 aliphatic carbocycles. The first-order valence-electron chi connectivity index (χ1n) is 6.16. The fraction of sp³-hybridized carbons (Fsp3) is 0.750. The maximum atomic E-state index is 5.80. The van der Waals surface area contributed by atoms with Gasteiger partial charge in [-0.25, -0.2) is 4.98 Å². The summed E-state index contributed by atoms with van der Waals surface area (Å²) in [7, 11) is 2.04. The Bertz CT molecular complexity index is 359. The van der Waals surface area contributed by atoms with Crippen LogP contribution in [0.2, 0.25) is 0 Å². The third-order valence-corrected chi connectivity index (χ3v) is 3.67. The van der Waals surface area contributed by atoms with Crippen molar-refractivity contribution < 1.29 is 4.74 Å². The molecule has 2 aliphatic rings. The summed E-state index contributed by atoms with van der Waals surface area (Å²) >= 11 is 0. The van der Waals surface area contributed by atoms with Crippen molar-refractivity contribution in [3.63, 3.8) is 0 Å². The maximum Gasteiger partial charge on any atom is 0.122 e. The second kappa shape index (κ2) is 4.18. The second-order valence-corrected chi connectivity index (χ2v) is 4.90. The lowest BCUT2D eigenvalue weighted by Gasteiger charge is -2.19. The summed E-state index contributed by atoms with van der Waals surface area (Å²) in [6.07, 6.45) is 8.14. The van der Waals surface area contributed by atoms with Crippen molar-refractivity contribution in [2.45, 2.75) is 38.0 Å². The van der Waals surface area contributed by atoms with Gasteiger partial charge < -0.3 is 14.6 Å². The van der Waals surface area contributed by atoms with Crippen molar-refractivity contribution >= 4 is 0 Å². The molecule has 0 radical (unpaired) electrons. The van der Waals surface area contributed by atoms with E-state index < -0.39 is 0 Å². The summed E-state index contributed by atoms with van der Waals surface area (Å²) in [6.45, 7) is 1.76. The molecule has 1 aromatic heterocycles. The zero-order chi connectivity index (χ0) is 11.0. The highest BCUT2D eigenvalue weighted by Gasteiger charge is 2.40. The van der Waals surface area contributed by atoms with E-state index >= 15 is 0 Å². The van der Waals surface area contributed by atoms with Crippen molar-refractivity contribution in [1.82, 2.24) is 14.9 Å². The minimum Gasteiger partial charge on any atom is -0.376 e. The third kappa shape index (κ3) is 1.99. The molecule has 1 N–H and O–H groups in total. The van der Waals surface area contributed by atoms with E-state index in [-0.39, 0.29) is 0 Å². The number of nitrogens with one attached hydrogen (secondary N) is 1. The highest BCUT2D eigenvalue weighted by Crippen LogP contribution is 2.38. The van der Waals surface area contributed by atoms with E-state index in [1.807, 2.05) is 19.4 Å². The van der Waals surface area contributed by atoms with Crippen LogP contribution in [0.1, 0.15) is 25.1 Å². The molecule has 0 amide bonds. The predicted molar refractivity (Wildman–Crippen MR) is 60.9 cm³/mol. The van der Waals surface area contributed by atoms with Gasteiger partial charge in [0.05, 0.1) is 12.6 Å². The second-order valence-electron chi connectivity index (χ2n) is 4.90. The van der Waals surface area contributed by atoms with Gasteiger partial charge in [-0.15, -0.1) is 0 Å². The van der Waals surface area contributed by atoms with Crippen LogP contribution in [0.4, 0.5) is 0 Å². The van der Waals surface area contributed by atoms with Gasteiger partial charge in [0.25, 0.3) is 0 Å². The van der Waals surface area contributed by atoms with E-state index in [9.17, 15) is 0 Å². The molecule has 4 heteroatoms. The van der Waals surface area contributed by atoms with Crippen LogP contribution in [0, 0.1) is 5.92 Å². The zero-order valence-corrected chi connectivity index (χ0v) is 9.72. The van der Waals surface area contributed by atoms with E-state index in [0.29, 0.717) is 12.1 Å². The Morgan fingerprint density at radius 1 is 1.50 bits per heavy atom. The average Bonchev–Trinajstić information content (AvgIpc) is 2.88. The summed E-state index contributed by atoms with van der Waals surface area (Å²) in [5, 5.41) is 3.59. The number of rotatable bonds is 4. The molecule has 0 bridgehead atoms. The molecule has 0 aromatic carbocycles. The van der Waals surface area contributed by atoms with Gasteiger partial charge in [-0.2, -0.15) is 0 Å². The Morgan fingerprint density at radius 3 is 3.06 bits per heavy atom. The van der Waals surface area contributed by atoms with Crippen LogP contribution in [0.15, 0.2) is 12.4 Å². The molecule has 1 saturated heterocycles. The molecule has 2 unspecified atom stereocenters. The van der Waals surface area contributed by atoms with Crippen molar-refractivity contribution in [1.29, 1.82) is 0 Å². The molecule has 88 valence electrons. The highest BCUT2D eigenvalue weighted by atomic mass is 16.5. The number of hydrogen-bond donors (Lipinski definition) is 1. The van der Waals surface area contributed by atoms with Crippen LogP contribution in [0.25, 0.3) is 0 Å². The van der Waals surface area contributed by atoms with Gasteiger partial charge in [0.2, 0.25) is 0 Å². The lowest BCUT2D eigenvalue weighted by molar-refractivity contribution is 0.0807. The molecule has 2 atom stereocenters. The number of ether oxygens (including phenoxy) is 1. The van der Waals surface area contributed by atoms with E-state index in [4.69, 9.17) is 4.74 Å². The Kier molecular flexibility index (Phi) is 2.69. The van der Waals surface area contributed by atoms with Crippen molar-refractivity contribution in [2.24, 2.45) is 13.0 Å². The summed E-state index contributed by atoms with van der Waals surface area (Å²) in [4.78, 5) is 4.32. The molecular formula is C12H19N3O. The van der Waals surface area contributed by atoms with E-state index in [1.54, 1.807) is 0 Å². The molecule has 16 heavy (non-hydrogen) atoms. The maximum absolute atomic E-state index is 5.80. The number of hydrogen-bond acceptors (Lipinski definition) is 3. The minimum atomic E-state index is 0.459. The fourth-order valence-electron chi connectivity index (χ4n) is 2.51. The molecule has 2 fully saturated rings. The molecule has 4 nitrogen and oxygen atoms in total. The SMILES string of the molecule is Cn1ccnc1CNC1CCOC1C1CC1. The van der Waals surface area contributed by atoms with Gasteiger partial charge >= 0.3 is 0 Å². The zero-order valence-electron chi connectivity index (χ0n) is 9.72. The first kappa shape index (κ1) is 10.3. The van der Waals surface area contributed by atoms with Crippen LogP contribution < -0.4 is 5.32 Å². The normalized spacial score (nSPS) is 29.8. The van der Waals surface area contributed by atoms with Gasteiger partial charge in [-0.3, -0.25) is 0 Å². The number of imidazole rings is 1. The topological polar surface area (TPSA) is 39.1 Å². The summed E-state index contributed by atoms with van der Waals surface area (Å²) < 4.78 is 7.86. The standard InChI is InChI=1S/C12H19N3O/c1-15-6-5-13-11(15)8-14-10-4-7-16-12(10)9-2-3-9/h5-6,9-10,12,14H,2-4,7-8H2,1H3. The van der Waals surface area contributed by atoms with Crippen molar-refractivity contribution in [2.75, 3.05) is 6.61 Å². The Labute approximate surface area is 96.0 Å². The molecule has 2 heterocycles. The van der Waals surface area contributed by atoms with E-state index in [2.05, 4.69) is 14.9 Å². The number of aryl methyl sites for hydroxylation is 1. The lowest BCUT2D eigenvalue weighted by atomic mass is 10.1. The molecular weight excluding hydrogens is 202 g/mol. The molecule has 1 saturated carbocycles. The van der Waals surface area contributed by atoms with Crippen molar-refractivity contribution in [3.8, 4) is 0 Å². The number of aromatic nitrogens is 2. The van der Waals surface area contributed by atoms with Gasteiger partial charge in [0.15, 0.2) is 0 Å². The quantitative estimate of drug-likeness (QED) is 0.827. The highest BCUT2D eigenvalue weighted by molar-refractivity contribution is 4.96. The molecule has 1 aliphatic heterocycles.